The zero-order chi connectivity index (χ0) is 15.2. The number of Topliss-reactive ketones (excluding diaryl/α,β-unsaturated/α-hetero) is 1. The Labute approximate surface area is 124 Å². The summed E-state index contributed by atoms with van der Waals surface area (Å²) in [5.41, 5.74) is 5.63. The van der Waals surface area contributed by atoms with E-state index < -0.39 is 5.97 Å². The van der Waals surface area contributed by atoms with Crippen LogP contribution in [0.5, 0.6) is 0 Å². The monoisotopic (exact) mass is 288 g/mol. The Morgan fingerprint density at radius 1 is 1.24 bits per heavy atom. The highest BCUT2D eigenvalue weighted by atomic mass is 16.5. The van der Waals surface area contributed by atoms with Crippen molar-refractivity contribution in [1.82, 2.24) is 0 Å². The highest BCUT2D eigenvalue weighted by Gasteiger charge is 2.15. The van der Waals surface area contributed by atoms with Gasteiger partial charge in [0.15, 0.2) is 5.78 Å². The molecular weight excluding hydrogens is 268 g/mol. The summed E-state index contributed by atoms with van der Waals surface area (Å²) in [7, 11) is 1.35. The van der Waals surface area contributed by atoms with Crippen LogP contribution in [0, 0.1) is 6.92 Å². The van der Waals surface area contributed by atoms with Crippen molar-refractivity contribution in [2.75, 3.05) is 12.5 Å². The van der Waals surface area contributed by atoms with E-state index in [1.807, 2.05) is 13.0 Å². The largest absolute Gasteiger partial charge is 0.465 e. The minimum Gasteiger partial charge on any atom is -0.465 e. The molecule has 1 aliphatic carbocycles. The van der Waals surface area contributed by atoms with E-state index >= 15 is 0 Å². The number of rotatable bonds is 3. The first-order chi connectivity index (χ1) is 10.1. The Balaban J connectivity index is 2.18. The maximum atomic E-state index is 11.9. The fourth-order valence-corrected chi connectivity index (χ4v) is 2.27. The van der Waals surface area contributed by atoms with E-state index in [1.165, 1.54) is 7.11 Å². The molecule has 0 heterocycles. The number of carbonyl (C=O) groups excluding carboxylic acids is 2. The van der Waals surface area contributed by atoms with E-state index in [9.17, 15) is 9.59 Å². The molecule has 112 valence electrons. The van der Waals surface area contributed by atoms with Crippen LogP contribution in [0.3, 0.4) is 0 Å². The minimum atomic E-state index is -0.392. The quantitative estimate of drug-likeness (QED) is 0.527. The van der Waals surface area contributed by atoms with Crippen LogP contribution in [0.4, 0.5) is 5.69 Å². The summed E-state index contributed by atoms with van der Waals surface area (Å²) >= 11 is 0. The summed E-state index contributed by atoms with van der Waals surface area (Å²) in [6.45, 7) is 1.92. The molecule has 0 spiro atoms. The topological polar surface area (TPSA) is 67.8 Å². The van der Waals surface area contributed by atoms with Crippen molar-refractivity contribution >= 4 is 23.2 Å². The molecule has 1 N–H and O–H groups in total. The third-order valence-corrected chi connectivity index (χ3v) is 3.61. The van der Waals surface area contributed by atoms with Crippen LogP contribution in [0.2, 0.25) is 0 Å². The molecule has 0 atom stereocenters. The first-order valence-electron chi connectivity index (χ1n) is 7.16. The van der Waals surface area contributed by atoms with Gasteiger partial charge in [-0.3, -0.25) is 10.2 Å². The van der Waals surface area contributed by atoms with Gasteiger partial charge in [-0.25, -0.2) is 4.79 Å². The van der Waals surface area contributed by atoms with Crippen molar-refractivity contribution in [2.24, 2.45) is 5.10 Å². The molecule has 1 aliphatic rings. The molecular formula is C16H20N2O3. The Morgan fingerprint density at radius 2 is 2.00 bits per heavy atom. The lowest BCUT2D eigenvalue weighted by Crippen LogP contribution is -2.14. The molecule has 0 aliphatic heterocycles. The zero-order valence-corrected chi connectivity index (χ0v) is 12.4. The molecule has 0 amide bonds. The fraction of sp³-hybridized carbons (Fsp3) is 0.438. The predicted octanol–water partition coefficient (Wildman–Crippen LogP) is 3.08. The lowest BCUT2D eigenvalue weighted by Gasteiger charge is -2.08. The van der Waals surface area contributed by atoms with Crippen LogP contribution in [-0.4, -0.2) is 24.6 Å². The summed E-state index contributed by atoms with van der Waals surface area (Å²) in [5, 5.41) is 4.25. The molecule has 1 aromatic carbocycles. The van der Waals surface area contributed by atoms with Crippen LogP contribution in [0.25, 0.3) is 0 Å². The molecule has 5 heteroatoms. The first kappa shape index (κ1) is 15.2. The molecule has 1 saturated carbocycles. The summed E-state index contributed by atoms with van der Waals surface area (Å²) in [5.74, 6) is -0.280. The highest BCUT2D eigenvalue weighted by Crippen LogP contribution is 2.19. The number of nitrogens with one attached hydrogen (secondary N) is 1. The molecule has 0 unspecified atom stereocenters. The molecule has 1 aromatic rings. The first-order valence-corrected chi connectivity index (χ1v) is 7.16. The fourth-order valence-electron chi connectivity index (χ4n) is 2.27. The summed E-state index contributed by atoms with van der Waals surface area (Å²) in [6.07, 6.45) is 4.28. The number of carbonyl (C=O) groups is 2. The van der Waals surface area contributed by atoms with Crippen molar-refractivity contribution in [3.63, 3.8) is 0 Å². The van der Waals surface area contributed by atoms with Crippen LogP contribution in [-0.2, 0) is 9.53 Å². The second-order valence-electron chi connectivity index (χ2n) is 5.18. The van der Waals surface area contributed by atoms with E-state index in [4.69, 9.17) is 4.74 Å². The smallest absolute Gasteiger partial charge is 0.337 e. The number of esters is 1. The number of methoxy groups -OCH3 is 1. The lowest BCUT2D eigenvalue weighted by molar-refractivity contribution is -0.113. The van der Waals surface area contributed by atoms with Gasteiger partial charge in [-0.2, -0.15) is 5.10 Å². The van der Waals surface area contributed by atoms with Gasteiger partial charge in [0.25, 0.3) is 0 Å². The summed E-state index contributed by atoms with van der Waals surface area (Å²) < 4.78 is 4.70. The number of anilines is 1. The Kier molecular flexibility index (Phi) is 5.09. The number of ketones is 1. The third kappa shape index (κ3) is 3.90. The Morgan fingerprint density at radius 3 is 2.76 bits per heavy atom. The van der Waals surface area contributed by atoms with Crippen LogP contribution < -0.4 is 5.43 Å². The van der Waals surface area contributed by atoms with Gasteiger partial charge in [-0.05, 0) is 43.9 Å². The maximum Gasteiger partial charge on any atom is 0.337 e. The van der Waals surface area contributed by atoms with Crippen molar-refractivity contribution in [3.05, 3.63) is 29.3 Å². The molecule has 2 rings (SSSR count). The van der Waals surface area contributed by atoms with E-state index in [-0.39, 0.29) is 5.78 Å². The van der Waals surface area contributed by atoms with Gasteiger partial charge in [0, 0.05) is 6.42 Å². The number of hydrazone groups is 1. The van der Waals surface area contributed by atoms with Crippen molar-refractivity contribution in [1.29, 1.82) is 0 Å². The molecule has 0 radical (unpaired) electrons. The van der Waals surface area contributed by atoms with E-state index in [1.54, 1.807) is 12.1 Å². The van der Waals surface area contributed by atoms with Crippen molar-refractivity contribution in [2.45, 2.75) is 39.0 Å². The minimum absolute atomic E-state index is 0.113. The van der Waals surface area contributed by atoms with Gasteiger partial charge >= 0.3 is 5.97 Å². The number of nitrogens with zero attached hydrogens (tertiary/aromatic N) is 1. The Hall–Kier alpha value is -2.17. The second kappa shape index (κ2) is 7.02. The Bertz CT molecular complexity index is 579. The molecule has 21 heavy (non-hydrogen) atoms. The average molecular weight is 288 g/mol. The SMILES string of the molecule is COC(=O)c1ccc(C)c(N/N=C2\CCCCCC2=O)c1. The van der Waals surface area contributed by atoms with Gasteiger partial charge in [0.1, 0.15) is 5.71 Å². The average Bonchev–Trinajstić information content (AvgIpc) is 2.70. The highest BCUT2D eigenvalue weighted by molar-refractivity contribution is 6.40. The third-order valence-electron chi connectivity index (χ3n) is 3.61. The number of hydrogen-bond donors (Lipinski definition) is 1. The number of hydrogen-bond acceptors (Lipinski definition) is 5. The van der Waals surface area contributed by atoms with E-state index in [2.05, 4.69) is 10.5 Å². The van der Waals surface area contributed by atoms with Gasteiger partial charge in [-0.15, -0.1) is 0 Å². The van der Waals surface area contributed by atoms with Crippen molar-refractivity contribution < 1.29 is 14.3 Å². The normalized spacial score (nSPS) is 17.4. The molecule has 1 fully saturated rings. The van der Waals surface area contributed by atoms with E-state index in [0.29, 0.717) is 29.8 Å². The molecule has 0 aromatic heterocycles. The predicted molar refractivity (Wildman–Crippen MR) is 81.7 cm³/mol. The van der Waals surface area contributed by atoms with Gasteiger partial charge in [0.05, 0.1) is 18.4 Å². The van der Waals surface area contributed by atoms with Crippen molar-refractivity contribution in [3.8, 4) is 0 Å². The molecule has 0 bridgehead atoms. The van der Waals surface area contributed by atoms with Crippen LogP contribution in [0.1, 0.15) is 48.0 Å². The number of benzene rings is 1. The second-order valence-corrected chi connectivity index (χ2v) is 5.18. The standard InChI is InChI=1S/C16H20N2O3/c1-11-8-9-12(16(20)21-2)10-14(11)18-17-13-6-4-3-5-7-15(13)19/h8-10,18H,3-7H2,1-2H3/b17-13+. The summed E-state index contributed by atoms with van der Waals surface area (Å²) in [4.78, 5) is 23.4. The summed E-state index contributed by atoms with van der Waals surface area (Å²) in [6, 6.07) is 5.21. The van der Waals surface area contributed by atoms with Crippen LogP contribution >= 0.6 is 0 Å². The van der Waals surface area contributed by atoms with Gasteiger partial charge in [-0.1, -0.05) is 12.5 Å². The van der Waals surface area contributed by atoms with E-state index in [0.717, 1.165) is 24.8 Å². The zero-order valence-electron chi connectivity index (χ0n) is 12.4. The number of aryl methyl sites for hydroxylation is 1. The number of ether oxygens (including phenoxy) is 1. The van der Waals surface area contributed by atoms with Gasteiger partial charge in [0.2, 0.25) is 0 Å². The molecule has 5 nitrogen and oxygen atoms in total. The maximum absolute atomic E-state index is 11.9. The molecule has 0 saturated heterocycles. The lowest BCUT2D eigenvalue weighted by atomic mass is 10.1. The van der Waals surface area contributed by atoms with Crippen LogP contribution in [0.15, 0.2) is 23.3 Å². The van der Waals surface area contributed by atoms with Gasteiger partial charge < -0.3 is 4.74 Å².